The van der Waals surface area contributed by atoms with E-state index in [1.165, 1.54) is 6.07 Å². The van der Waals surface area contributed by atoms with Crippen LogP contribution < -0.4 is 10.2 Å². The Morgan fingerprint density at radius 1 is 1.09 bits per heavy atom. The molecule has 1 saturated carbocycles. The maximum atomic E-state index is 14.0. The molecule has 1 aliphatic carbocycles. The molecule has 0 heterocycles. The molecule has 0 saturated heterocycles. The molecule has 0 spiro atoms. The van der Waals surface area contributed by atoms with Crippen LogP contribution in [0, 0.1) is 5.82 Å². The summed E-state index contributed by atoms with van der Waals surface area (Å²) < 4.78 is 14.0. The molecule has 1 N–H and O–H groups in total. The third kappa shape index (κ3) is 2.56. The van der Waals surface area contributed by atoms with Crippen molar-refractivity contribution in [2.45, 2.75) is 18.3 Å². The summed E-state index contributed by atoms with van der Waals surface area (Å²) in [6.45, 7) is 0. The SMILES string of the molecule is CN(C)c1ccc(NC(=O)C2(c3ccccc3F)CC2)cc1. The van der Waals surface area contributed by atoms with Crippen molar-refractivity contribution >= 4 is 17.3 Å². The van der Waals surface area contributed by atoms with Gasteiger partial charge in [0.05, 0.1) is 5.41 Å². The van der Waals surface area contributed by atoms with E-state index in [0.29, 0.717) is 18.4 Å². The number of nitrogens with zero attached hydrogens (tertiary/aromatic N) is 1. The lowest BCUT2D eigenvalue weighted by Crippen LogP contribution is -2.28. The van der Waals surface area contributed by atoms with Gasteiger partial charge >= 0.3 is 0 Å². The monoisotopic (exact) mass is 298 g/mol. The number of hydrogen-bond acceptors (Lipinski definition) is 2. The Morgan fingerprint density at radius 2 is 1.73 bits per heavy atom. The van der Waals surface area contributed by atoms with Gasteiger partial charge in [-0.25, -0.2) is 4.39 Å². The van der Waals surface area contributed by atoms with E-state index in [4.69, 9.17) is 0 Å². The first-order valence-corrected chi connectivity index (χ1v) is 7.37. The van der Waals surface area contributed by atoms with Gasteiger partial charge in [0.25, 0.3) is 0 Å². The molecule has 1 aliphatic rings. The number of hydrogen-bond donors (Lipinski definition) is 1. The second-order valence-corrected chi connectivity index (χ2v) is 5.96. The zero-order valence-corrected chi connectivity index (χ0v) is 12.8. The zero-order valence-electron chi connectivity index (χ0n) is 12.8. The van der Waals surface area contributed by atoms with Crippen LogP contribution in [-0.4, -0.2) is 20.0 Å². The van der Waals surface area contributed by atoms with Crippen molar-refractivity contribution in [1.82, 2.24) is 0 Å². The molecule has 0 bridgehead atoms. The number of anilines is 2. The average Bonchev–Trinajstić information content (AvgIpc) is 3.30. The zero-order chi connectivity index (χ0) is 15.7. The van der Waals surface area contributed by atoms with Crippen LogP contribution in [0.1, 0.15) is 18.4 Å². The van der Waals surface area contributed by atoms with E-state index in [1.807, 2.05) is 43.3 Å². The van der Waals surface area contributed by atoms with Gasteiger partial charge in [-0.3, -0.25) is 4.79 Å². The fraction of sp³-hybridized carbons (Fsp3) is 0.278. The van der Waals surface area contributed by atoms with Crippen LogP contribution in [0.5, 0.6) is 0 Å². The maximum Gasteiger partial charge on any atom is 0.235 e. The highest BCUT2D eigenvalue weighted by molar-refractivity contribution is 6.01. The third-order valence-electron chi connectivity index (χ3n) is 4.22. The lowest BCUT2D eigenvalue weighted by Gasteiger charge is -2.17. The Bertz CT molecular complexity index is 690. The number of rotatable bonds is 4. The average molecular weight is 298 g/mol. The molecular formula is C18H19FN2O. The summed E-state index contributed by atoms with van der Waals surface area (Å²) in [5.74, 6) is -0.437. The first-order chi connectivity index (χ1) is 10.5. The highest BCUT2D eigenvalue weighted by Gasteiger charge is 2.52. The Hall–Kier alpha value is -2.36. The van der Waals surface area contributed by atoms with Crippen LogP contribution >= 0.6 is 0 Å². The summed E-state index contributed by atoms with van der Waals surface area (Å²) >= 11 is 0. The van der Waals surface area contributed by atoms with Gasteiger partial charge < -0.3 is 10.2 Å². The molecule has 2 aromatic carbocycles. The number of carbonyl (C=O) groups excluding carboxylic acids is 1. The molecule has 0 unspecified atom stereocenters. The van der Waals surface area contributed by atoms with Crippen molar-refractivity contribution in [1.29, 1.82) is 0 Å². The molecule has 0 aliphatic heterocycles. The summed E-state index contributed by atoms with van der Waals surface area (Å²) in [6.07, 6.45) is 1.38. The quantitative estimate of drug-likeness (QED) is 0.936. The van der Waals surface area contributed by atoms with Gasteiger partial charge in [0.2, 0.25) is 5.91 Å². The number of amides is 1. The molecule has 3 nitrogen and oxygen atoms in total. The largest absolute Gasteiger partial charge is 0.378 e. The summed E-state index contributed by atoms with van der Waals surface area (Å²) in [4.78, 5) is 14.6. The van der Waals surface area contributed by atoms with Crippen molar-refractivity contribution in [2.75, 3.05) is 24.3 Å². The summed E-state index contributed by atoms with van der Waals surface area (Å²) in [5.41, 5.74) is 1.59. The van der Waals surface area contributed by atoms with Gasteiger partial charge in [-0.2, -0.15) is 0 Å². The van der Waals surface area contributed by atoms with Crippen molar-refractivity contribution < 1.29 is 9.18 Å². The number of nitrogens with one attached hydrogen (secondary N) is 1. The van der Waals surface area contributed by atoms with Crippen molar-refractivity contribution in [3.63, 3.8) is 0 Å². The minimum atomic E-state index is -0.703. The summed E-state index contributed by atoms with van der Waals surface area (Å²) in [6, 6.07) is 14.2. The van der Waals surface area contributed by atoms with Crippen LogP contribution in [-0.2, 0) is 10.2 Å². The predicted octanol–water partition coefficient (Wildman–Crippen LogP) is 3.56. The summed E-state index contributed by atoms with van der Waals surface area (Å²) in [7, 11) is 3.93. The fourth-order valence-electron chi connectivity index (χ4n) is 2.69. The number of benzene rings is 2. The predicted molar refractivity (Wildman–Crippen MR) is 86.7 cm³/mol. The minimum Gasteiger partial charge on any atom is -0.378 e. The molecule has 0 aromatic heterocycles. The number of halogens is 1. The van der Waals surface area contributed by atoms with E-state index in [0.717, 1.165) is 11.4 Å². The number of carbonyl (C=O) groups is 1. The molecule has 114 valence electrons. The van der Waals surface area contributed by atoms with Crippen LogP contribution in [0.15, 0.2) is 48.5 Å². The third-order valence-corrected chi connectivity index (χ3v) is 4.22. The Balaban J connectivity index is 1.79. The maximum absolute atomic E-state index is 14.0. The fourth-order valence-corrected chi connectivity index (χ4v) is 2.69. The van der Waals surface area contributed by atoms with Crippen molar-refractivity contribution in [3.05, 3.63) is 59.9 Å². The van der Waals surface area contributed by atoms with Gasteiger partial charge in [-0.15, -0.1) is 0 Å². The topological polar surface area (TPSA) is 32.3 Å². The van der Waals surface area contributed by atoms with Crippen LogP contribution in [0.2, 0.25) is 0 Å². The van der Waals surface area contributed by atoms with Gasteiger partial charge in [0.15, 0.2) is 0 Å². The second kappa shape index (κ2) is 5.44. The van der Waals surface area contributed by atoms with E-state index >= 15 is 0 Å². The van der Waals surface area contributed by atoms with E-state index in [2.05, 4.69) is 5.32 Å². The second-order valence-electron chi connectivity index (χ2n) is 5.96. The molecule has 1 amide bonds. The summed E-state index contributed by atoms with van der Waals surface area (Å²) in [5, 5.41) is 2.91. The van der Waals surface area contributed by atoms with Crippen LogP contribution in [0.4, 0.5) is 15.8 Å². The smallest absolute Gasteiger partial charge is 0.235 e. The first-order valence-electron chi connectivity index (χ1n) is 7.37. The highest BCUT2D eigenvalue weighted by Crippen LogP contribution is 2.49. The van der Waals surface area contributed by atoms with Gasteiger partial charge in [0.1, 0.15) is 5.82 Å². The minimum absolute atomic E-state index is 0.129. The Labute approximate surface area is 129 Å². The van der Waals surface area contributed by atoms with Crippen LogP contribution in [0.3, 0.4) is 0 Å². The normalized spacial score (nSPS) is 15.2. The molecule has 2 aromatic rings. The van der Waals surface area contributed by atoms with Crippen molar-refractivity contribution in [2.24, 2.45) is 0 Å². The van der Waals surface area contributed by atoms with Crippen LogP contribution in [0.25, 0.3) is 0 Å². The van der Waals surface area contributed by atoms with Gasteiger partial charge in [-0.1, -0.05) is 18.2 Å². The molecule has 3 rings (SSSR count). The Morgan fingerprint density at radius 3 is 2.27 bits per heavy atom. The lowest BCUT2D eigenvalue weighted by molar-refractivity contribution is -0.118. The molecular weight excluding hydrogens is 279 g/mol. The van der Waals surface area contributed by atoms with E-state index in [1.54, 1.807) is 18.2 Å². The molecule has 4 heteroatoms. The lowest BCUT2D eigenvalue weighted by atomic mass is 9.94. The molecule has 1 fully saturated rings. The van der Waals surface area contributed by atoms with E-state index in [9.17, 15) is 9.18 Å². The van der Waals surface area contributed by atoms with E-state index in [-0.39, 0.29) is 11.7 Å². The molecule has 22 heavy (non-hydrogen) atoms. The standard InChI is InChI=1S/C18H19FN2O/c1-21(2)14-9-7-13(8-10-14)20-17(22)18(11-12-18)15-5-3-4-6-16(15)19/h3-10H,11-12H2,1-2H3,(H,20,22). The van der Waals surface area contributed by atoms with Gasteiger partial charge in [-0.05, 0) is 43.2 Å². The highest BCUT2D eigenvalue weighted by atomic mass is 19.1. The van der Waals surface area contributed by atoms with E-state index < -0.39 is 5.41 Å². The molecule has 0 atom stereocenters. The first kappa shape index (κ1) is 14.6. The van der Waals surface area contributed by atoms with Crippen molar-refractivity contribution in [3.8, 4) is 0 Å². The molecule has 0 radical (unpaired) electrons. The Kier molecular flexibility index (Phi) is 3.61. The van der Waals surface area contributed by atoms with Gasteiger partial charge in [0, 0.05) is 31.0 Å².